The molecule has 0 N–H and O–H groups in total. The molecule has 0 radical (unpaired) electrons. The first-order chi connectivity index (χ1) is 3.33. The van der Waals surface area contributed by atoms with E-state index in [0.717, 1.165) is 0 Å². The molecule has 3 heteroatoms. The molecule has 8 heavy (non-hydrogen) atoms. The summed E-state index contributed by atoms with van der Waals surface area (Å²) in [7, 11) is 5.41. The topological polar surface area (TPSA) is 0 Å². The quantitative estimate of drug-likeness (QED) is 0.507. The molecule has 1 unspecified atom stereocenters. The van der Waals surface area contributed by atoms with Gasteiger partial charge >= 0.3 is 42.4 Å². The minimum absolute atomic E-state index is 0. The van der Waals surface area contributed by atoms with Crippen molar-refractivity contribution in [2.45, 2.75) is 31.1 Å². The van der Waals surface area contributed by atoms with E-state index in [0.29, 0.717) is 0 Å². The molecule has 0 aliphatic heterocycles. The van der Waals surface area contributed by atoms with Crippen LogP contribution in [-0.4, -0.2) is 0 Å². The third kappa shape index (κ3) is 48.1. The number of hydrogen-bond donors (Lipinski definition) is 0. The summed E-state index contributed by atoms with van der Waals surface area (Å²) in [6.07, 6.45) is 1.25. The van der Waals surface area contributed by atoms with Gasteiger partial charge in [0.1, 0.15) is 0 Å². The summed E-state index contributed by atoms with van der Waals surface area (Å²) in [6, 6.07) is 0. The Balaban J connectivity index is -0.0000000575. The molecule has 0 bridgehead atoms. The Kier molecular flexibility index (Phi) is 47.8. The standard InChI is InChI=1S/C3H8.C2H5.ClH.Hg.H3P/c1-3-2;1-2;;;/h3H2,1-2H3;1H2,2H3;1H;;1H3/q;;;+1;/p-1. The van der Waals surface area contributed by atoms with Crippen LogP contribution in [0.3, 0.4) is 0 Å². The average molecular weight is 343 g/mol. The monoisotopic (exact) mass is 344 g/mol. The number of halogens is 1. The van der Waals surface area contributed by atoms with Crippen molar-refractivity contribution in [3.63, 3.8) is 0 Å². The average Bonchev–Trinajstić information content (AvgIpc) is 1.69. The Labute approximate surface area is 72.3 Å². The maximum Gasteiger partial charge on any atom is -0.153 e. The van der Waals surface area contributed by atoms with E-state index in [1.165, 1.54) is 10.4 Å². The van der Waals surface area contributed by atoms with Crippen LogP contribution in [0, 0.1) is 0 Å². The van der Waals surface area contributed by atoms with Crippen LogP contribution in [0.1, 0.15) is 27.2 Å². The summed E-state index contributed by atoms with van der Waals surface area (Å²) in [6.45, 7) is 6.40. The van der Waals surface area contributed by atoms with Crippen LogP contribution < -0.4 is 0 Å². The van der Waals surface area contributed by atoms with E-state index in [9.17, 15) is 0 Å². The van der Waals surface area contributed by atoms with Crippen LogP contribution in [0.2, 0.25) is 3.93 Å². The molecular weight excluding hydrogens is 327 g/mol. The van der Waals surface area contributed by atoms with Crippen LogP contribution in [0.25, 0.3) is 0 Å². The Bertz CT molecular complexity index is 19.9. The van der Waals surface area contributed by atoms with Gasteiger partial charge in [-0.25, -0.2) is 0 Å². The van der Waals surface area contributed by atoms with E-state index in [4.69, 9.17) is 8.25 Å². The first kappa shape index (κ1) is 16.3. The SMILES string of the molecule is CCC.C[CH2][Hg][Cl].P. The molecule has 0 amide bonds. The van der Waals surface area contributed by atoms with Crippen LogP contribution >= 0.6 is 18.1 Å². The molecule has 0 fully saturated rings. The van der Waals surface area contributed by atoms with Crippen molar-refractivity contribution in [3.05, 3.63) is 0 Å². The first-order valence-electron chi connectivity index (χ1n) is 2.89. The summed E-state index contributed by atoms with van der Waals surface area (Å²) in [5, 5.41) is 0. The molecule has 0 heterocycles. The fraction of sp³-hybridized carbons (Fsp3) is 1.00. The van der Waals surface area contributed by atoms with E-state index in [1.807, 2.05) is 0 Å². The zero-order chi connectivity index (χ0) is 6.12. The van der Waals surface area contributed by atoms with Crippen LogP contribution in [0.5, 0.6) is 0 Å². The van der Waals surface area contributed by atoms with Gasteiger partial charge in [0.05, 0.1) is 0 Å². The summed E-state index contributed by atoms with van der Waals surface area (Å²) in [5.74, 6) is 0. The minimum Gasteiger partial charge on any atom is -0.153 e. The molecule has 0 spiro atoms. The van der Waals surface area contributed by atoms with E-state index in [-0.39, 0.29) is 9.90 Å². The molecule has 0 nitrogen and oxygen atoms in total. The summed E-state index contributed by atoms with van der Waals surface area (Å²) >= 11 is -0.640. The van der Waals surface area contributed by atoms with Gasteiger partial charge < -0.3 is 0 Å². The van der Waals surface area contributed by atoms with Crippen molar-refractivity contribution in [2.75, 3.05) is 0 Å². The molecule has 0 aromatic heterocycles. The third-order valence-corrected chi connectivity index (χ3v) is 4.97. The van der Waals surface area contributed by atoms with Gasteiger partial charge in [0.15, 0.2) is 0 Å². The van der Waals surface area contributed by atoms with E-state index in [1.54, 1.807) is 0 Å². The Morgan fingerprint density at radius 3 is 1.38 bits per heavy atom. The third-order valence-electron chi connectivity index (χ3n) is 0.189. The molecule has 0 rings (SSSR count). The second-order valence-electron chi connectivity index (χ2n) is 1.40. The molecular formula is C5H16ClHgP. The fourth-order valence-electron chi connectivity index (χ4n) is 0. The normalized spacial score (nSPS) is 5.00. The second-order valence-corrected chi connectivity index (χ2v) is 10.1. The van der Waals surface area contributed by atoms with E-state index in [2.05, 4.69) is 20.8 Å². The Morgan fingerprint density at radius 1 is 1.25 bits per heavy atom. The Hall–Kier alpha value is 1.66. The van der Waals surface area contributed by atoms with Gasteiger partial charge in [0.2, 0.25) is 0 Å². The predicted molar refractivity (Wildman–Crippen MR) is 43.4 cm³/mol. The van der Waals surface area contributed by atoms with Gasteiger partial charge in [-0.1, -0.05) is 20.3 Å². The van der Waals surface area contributed by atoms with E-state index >= 15 is 0 Å². The second kappa shape index (κ2) is 23.4. The fourth-order valence-corrected chi connectivity index (χ4v) is 0. The molecule has 0 aromatic carbocycles. The van der Waals surface area contributed by atoms with Gasteiger partial charge in [-0.2, -0.15) is 9.90 Å². The molecule has 0 aromatic rings. The van der Waals surface area contributed by atoms with Gasteiger partial charge in [0.25, 0.3) is 0 Å². The Morgan fingerprint density at radius 2 is 1.38 bits per heavy atom. The van der Waals surface area contributed by atoms with E-state index < -0.39 is 23.3 Å². The van der Waals surface area contributed by atoms with Gasteiger partial charge in [-0.15, -0.1) is 0 Å². The van der Waals surface area contributed by atoms with Crippen molar-refractivity contribution in [1.82, 2.24) is 0 Å². The molecule has 0 aliphatic carbocycles. The van der Waals surface area contributed by atoms with Gasteiger partial charge in [-0.05, 0) is 0 Å². The molecule has 0 aliphatic rings. The van der Waals surface area contributed by atoms with Crippen LogP contribution in [0.15, 0.2) is 0 Å². The summed E-state index contributed by atoms with van der Waals surface area (Å²) in [4.78, 5) is 0. The van der Waals surface area contributed by atoms with Crippen molar-refractivity contribution in [1.29, 1.82) is 0 Å². The van der Waals surface area contributed by atoms with Crippen molar-refractivity contribution in [3.8, 4) is 0 Å². The largest absolute Gasteiger partial charge is 0.153 e. The minimum atomic E-state index is -0.640. The van der Waals surface area contributed by atoms with Crippen molar-refractivity contribution in [2.24, 2.45) is 0 Å². The van der Waals surface area contributed by atoms with Gasteiger partial charge in [0, 0.05) is 0 Å². The summed E-state index contributed by atoms with van der Waals surface area (Å²) < 4.78 is 1.31. The molecule has 50 valence electrons. The van der Waals surface area contributed by atoms with Gasteiger partial charge in [-0.3, -0.25) is 0 Å². The van der Waals surface area contributed by atoms with Crippen LogP contribution in [0.4, 0.5) is 0 Å². The van der Waals surface area contributed by atoms with Crippen LogP contribution in [-0.2, 0) is 23.3 Å². The smallest absolute Gasteiger partial charge is 0.153 e. The predicted octanol–water partition coefficient (Wildman–Crippen LogP) is 3.14. The number of hydrogen-bond acceptors (Lipinski definition) is 0. The maximum atomic E-state index is 5.41. The van der Waals surface area contributed by atoms with Crippen molar-refractivity contribution >= 4 is 18.1 Å². The zero-order valence-corrected chi connectivity index (χ0v) is 13.9. The summed E-state index contributed by atoms with van der Waals surface area (Å²) in [5.41, 5.74) is 0. The molecule has 1 atom stereocenters. The zero-order valence-electron chi connectivity index (χ0n) is 6.21. The molecule has 0 saturated carbocycles. The maximum absolute atomic E-state index is 5.41. The van der Waals surface area contributed by atoms with Crippen molar-refractivity contribution < 1.29 is 23.3 Å². The number of rotatable bonds is 1. The molecule has 0 saturated heterocycles. The first-order valence-corrected chi connectivity index (χ1v) is 13.5.